The number of amides is 1. The highest BCUT2D eigenvalue weighted by Gasteiger charge is 2.35. The second-order valence-corrected chi connectivity index (χ2v) is 16.1. The van der Waals surface area contributed by atoms with Gasteiger partial charge in [0.05, 0.1) is 5.69 Å². The van der Waals surface area contributed by atoms with Gasteiger partial charge in [0.25, 0.3) is 0 Å². The van der Waals surface area contributed by atoms with E-state index in [1.54, 1.807) is 11.8 Å². The molecule has 0 radical (unpaired) electrons. The van der Waals surface area contributed by atoms with Crippen molar-refractivity contribution in [3.63, 3.8) is 0 Å². The Hall–Kier alpha value is -2.87. The second-order valence-electron chi connectivity index (χ2n) is 14.5. The lowest BCUT2D eigenvalue weighted by atomic mass is 10.0. The predicted octanol–water partition coefficient (Wildman–Crippen LogP) is 12.7. The molecule has 0 spiro atoms. The monoisotopic (exact) mass is 778 g/mol. The quantitative estimate of drug-likeness (QED) is 0.0847. The number of allylic oxidation sites excluding steroid dienone is 3. The summed E-state index contributed by atoms with van der Waals surface area (Å²) in [4.78, 5) is 26.3. The Morgan fingerprint density at radius 3 is 2.35 bits per heavy atom. The Morgan fingerprint density at radius 1 is 1.02 bits per heavy atom. The van der Waals surface area contributed by atoms with Crippen LogP contribution in [0.15, 0.2) is 81.4 Å². The molecule has 1 amide bonds. The normalized spacial score (nSPS) is 16.8. The number of benzene rings is 2. The molecule has 1 heterocycles. The molecule has 2 aromatic carbocycles. The molecule has 1 fully saturated rings. The lowest BCUT2D eigenvalue weighted by Gasteiger charge is -2.25. The first-order chi connectivity index (χ1) is 26.1. The van der Waals surface area contributed by atoms with Crippen LogP contribution in [0.5, 0.6) is 0 Å². The van der Waals surface area contributed by atoms with Gasteiger partial charge in [-0.15, -0.1) is 0 Å². The number of nitrogens with one attached hydrogen (secondary N) is 2. The van der Waals surface area contributed by atoms with Gasteiger partial charge in [0.15, 0.2) is 0 Å². The largest absolute Gasteiger partial charge is 0.347 e. The number of nitrogens with zero attached hydrogens (tertiary/aromatic N) is 3. The lowest BCUT2D eigenvalue weighted by Crippen LogP contribution is -2.36. The number of carbonyl (C=O) groups is 1. The zero-order valence-electron chi connectivity index (χ0n) is 35.4. The molecule has 6 nitrogen and oxygen atoms in total. The van der Waals surface area contributed by atoms with E-state index in [0.717, 1.165) is 78.6 Å². The number of likely N-dealkylation sites (tertiary alicyclic amines) is 1. The number of amidine groups is 1. The number of hydrogen-bond acceptors (Lipinski definition) is 5. The zero-order valence-corrected chi connectivity index (χ0v) is 36.9. The maximum atomic E-state index is 14.4. The van der Waals surface area contributed by atoms with E-state index in [2.05, 4.69) is 89.2 Å². The fourth-order valence-electron chi connectivity index (χ4n) is 6.27. The van der Waals surface area contributed by atoms with Gasteiger partial charge in [-0.1, -0.05) is 133 Å². The average molecular weight is 779 g/mol. The fraction of sp³-hybridized carbons (Fsp3) is 0.587. The highest BCUT2D eigenvalue weighted by atomic mass is 35.5. The Bertz CT molecular complexity index is 1520. The minimum Gasteiger partial charge on any atom is -0.347 e. The highest BCUT2D eigenvalue weighted by Crippen LogP contribution is 2.38. The van der Waals surface area contributed by atoms with Crippen LogP contribution in [0.3, 0.4) is 0 Å². The molecule has 300 valence electrons. The third-order valence-corrected chi connectivity index (χ3v) is 11.7. The molecule has 3 unspecified atom stereocenters. The van der Waals surface area contributed by atoms with Gasteiger partial charge in [0, 0.05) is 36.8 Å². The van der Waals surface area contributed by atoms with Crippen LogP contribution < -0.4 is 10.6 Å². The summed E-state index contributed by atoms with van der Waals surface area (Å²) >= 11 is 7.84. The molecule has 54 heavy (non-hydrogen) atoms. The zero-order chi connectivity index (χ0) is 39.9. The van der Waals surface area contributed by atoms with Gasteiger partial charge in [-0.25, -0.2) is 4.99 Å². The molecule has 2 N–H and O–H groups in total. The third kappa shape index (κ3) is 16.1. The molecule has 0 bridgehead atoms. The summed E-state index contributed by atoms with van der Waals surface area (Å²) in [5.74, 6) is 2.18. The first kappa shape index (κ1) is 47.3. The van der Waals surface area contributed by atoms with Crippen molar-refractivity contribution >= 4 is 45.8 Å². The Kier molecular flexibility index (Phi) is 23.5. The van der Waals surface area contributed by atoms with E-state index >= 15 is 0 Å². The Morgan fingerprint density at radius 2 is 1.76 bits per heavy atom. The van der Waals surface area contributed by atoms with E-state index in [0.29, 0.717) is 18.1 Å². The van der Waals surface area contributed by atoms with Crippen LogP contribution in [0, 0.1) is 18.8 Å². The van der Waals surface area contributed by atoms with E-state index in [-0.39, 0.29) is 11.8 Å². The van der Waals surface area contributed by atoms with Gasteiger partial charge in [-0.3, -0.25) is 9.79 Å². The molecule has 8 heteroatoms. The van der Waals surface area contributed by atoms with Crippen molar-refractivity contribution in [1.82, 2.24) is 15.5 Å². The van der Waals surface area contributed by atoms with Crippen molar-refractivity contribution in [2.24, 2.45) is 21.8 Å². The van der Waals surface area contributed by atoms with Gasteiger partial charge in [0.1, 0.15) is 16.1 Å². The summed E-state index contributed by atoms with van der Waals surface area (Å²) in [5, 5.41) is 8.26. The molecule has 3 atom stereocenters. The summed E-state index contributed by atoms with van der Waals surface area (Å²) in [6.45, 7) is 23.5. The van der Waals surface area contributed by atoms with Crippen LogP contribution in [0.4, 0.5) is 5.69 Å². The SMILES string of the molecule is CCC/C=C(\CC)C(=Nc1ccc(Cl)cc1C)SC(C(=O)N1CCC(C(=NC)N/C(CCC)=C(\C)CC)C1)c1ccccc1.CCCNCCC(C)CC. The number of halogens is 1. The molecular formula is C46H72ClN5OS. The van der Waals surface area contributed by atoms with Crippen LogP contribution in [0.2, 0.25) is 5.02 Å². The minimum absolute atomic E-state index is 0.125. The van der Waals surface area contributed by atoms with Crippen LogP contribution >= 0.6 is 23.4 Å². The first-order valence-electron chi connectivity index (χ1n) is 20.7. The molecule has 0 aromatic heterocycles. The summed E-state index contributed by atoms with van der Waals surface area (Å²) in [6.07, 6.45) is 13.0. The fourth-order valence-corrected chi connectivity index (χ4v) is 7.80. The van der Waals surface area contributed by atoms with Crippen molar-refractivity contribution in [2.45, 2.75) is 132 Å². The van der Waals surface area contributed by atoms with Crippen LogP contribution in [0.25, 0.3) is 0 Å². The summed E-state index contributed by atoms with van der Waals surface area (Å²) < 4.78 is 0. The van der Waals surface area contributed by atoms with Crippen LogP contribution in [-0.4, -0.2) is 54.9 Å². The van der Waals surface area contributed by atoms with E-state index < -0.39 is 5.25 Å². The second kappa shape index (κ2) is 26.9. The van der Waals surface area contributed by atoms with Crippen LogP contribution in [-0.2, 0) is 4.79 Å². The topological polar surface area (TPSA) is 69.1 Å². The molecular weight excluding hydrogens is 706 g/mol. The molecule has 1 aliphatic heterocycles. The number of carbonyl (C=O) groups excluding carboxylic acids is 1. The van der Waals surface area contributed by atoms with Gasteiger partial charge in [0.2, 0.25) is 5.91 Å². The standard InChI is InChI=1S/C37H51ClN4OS.C9H21N/c1-8-12-17-28(11-4)36(41-33-21-20-31(38)24-27(33)6)44-34(29-18-14-13-15-19-29)37(43)42-23-22-30(25-42)35(39-7)40-32(16-9-2)26(5)10-3;1-4-7-10-8-6-9(3)5-2/h13-15,17-21,24,30,34H,8-12,16,22-23,25H2,1-7H3,(H,39,40);9-10H,4-8H2,1-3H3/b28-17+,32-26+,41-36?;. The summed E-state index contributed by atoms with van der Waals surface area (Å²) in [6, 6.07) is 15.9. The molecule has 3 rings (SSSR count). The van der Waals surface area contributed by atoms with Gasteiger partial charge in [-0.2, -0.15) is 0 Å². The van der Waals surface area contributed by atoms with Crippen molar-refractivity contribution in [1.29, 1.82) is 0 Å². The Labute approximate surface area is 339 Å². The molecule has 1 saturated heterocycles. The lowest BCUT2D eigenvalue weighted by molar-refractivity contribution is -0.129. The minimum atomic E-state index is -0.411. The molecule has 0 aliphatic carbocycles. The number of aryl methyl sites for hydroxylation is 1. The summed E-state index contributed by atoms with van der Waals surface area (Å²) in [7, 11) is 1.86. The van der Waals surface area contributed by atoms with E-state index in [4.69, 9.17) is 16.6 Å². The predicted molar refractivity (Wildman–Crippen MR) is 240 cm³/mol. The maximum absolute atomic E-state index is 14.4. The number of thioether (sulfide) groups is 1. The molecule has 2 aromatic rings. The number of hydrogen-bond donors (Lipinski definition) is 2. The molecule has 0 saturated carbocycles. The van der Waals surface area contributed by atoms with Crippen molar-refractivity contribution in [3.05, 3.63) is 87.6 Å². The van der Waals surface area contributed by atoms with Gasteiger partial charge >= 0.3 is 0 Å². The van der Waals surface area contributed by atoms with Crippen molar-refractivity contribution < 1.29 is 4.79 Å². The Balaban J connectivity index is 0.000000881. The van der Waals surface area contributed by atoms with E-state index in [1.165, 1.54) is 49.2 Å². The maximum Gasteiger partial charge on any atom is 0.240 e. The van der Waals surface area contributed by atoms with Crippen LogP contribution in [0.1, 0.15) is 136 Å². The number of rotatable bonds is 19. The highest BCUT2D eigenvalue weighted by molar-refractivity contribution is 8.15. The van der Waals surface area contributed by atoms with Gasteiger partial charge < -0.3 is 15.5 Å². The van der Waals surface area contributed by atoms with E-state index in [9.17, 15) is 4.79 Å². The number of aliphatic imine (C=N–C) groups is 2. The summed E-state index contributed by atoms with van der Waals surface area (Å²) in [5.41, 5.74) is 6.69. The van der Waals surface area contributed by atoms with E-state index in [1.807, 2.05) is 55.3 Å². The molecule has 1 aliphatic rings. The smallest absolute Gasteiger partial charge is 0.240 e. The van der Waals surface area contributed by atoms with Crippen molar-refractivity contribution in [2.75, 3.05) is 33.2 Å². The average Bonchev–Trinajstić information content (AvgIpc) is 3.68. The van der Waals surface area contributed by atoms with Gasteiger partial charge in [-0.05, 0) is 113 Å². The van der Waals surface area contributed by atoms with Crippen molar-refractivity contribution in [3.8, 4) is 0 Å². The number of unbranched alkanes of at least 4 members (excludes halogenated alkanes) is 1. The third-order valence-electron chi connectivity index (χ3n) is 10.2. The first-order valence-corrected chi connectivity index (χ1v) is 22.0.